The first-order chi connectivity index (χ1) is 15.9. The zero-order valence-corrected chi connectivity index (χ0v) is 20.0. The molecule has 0 saturated carbocycles. The molecule has 0 radical (unpaired) electrons. The van der Waals surface area contributed by atoms with Crippen molar-refractivity contribution in [1.82, 2.24) is 14.7 Å². The Morgan fingerprint density at radius 1 is 0.970 bits per heavy atom. The van der Waals surface area contributed by atoms with Crippen molar-refractivity contribution >= 4 is 0 Å². The van der Waals surface area contributed by atoms with E-state index in [4.69, 9.17) is 9.47 Å². The predicted molar refractivity (Wildman–Crippen MR) is 130 cm³/mol. The molecule has 0 bridgehead atoms. The van der Waals surface area contributed by atoms with Crippen LogP contribution >= 0.6 is 0 Å². The van der Waals surface area contributed by atoms with Crippen molar-refractivity contribution in [2.45, 2.75) is 52.3 Å². The van der Waals surface area contributed by atoms with E-state index in [2.05, 4.69) is 35.1 Å². The van der Waals surface area contributed by atoms with E-state index in [0.29, 0.717) is 26.1 Å². The van der Waals surface area contributed by atoms with Crippen LogP contribution in [0.1, 0.15) is 35.1 Å². The van der Waals surface area contributed by atoms with Crippen LogP contribution in [0.25, 0.3) is 0 Å². The molecule has 3 aromatic rings. The van der Waals surface area contributed by atoms with Gasteiger partial charge < -0.3 is 14.6 Å². The van der Waals surface area contributed by atoms with Gasteiger partial charge in [-0.05, 0) is 68.5 Å². The topological polar surface area (TPSA) is 59.8 Å². The summed E-state index contributed by atoms with van der Waals surface area (Å²) in [6, 6.07) is 14.5. The van der Waals surface area contributed by atoms with Crippen LogP contribution in [0, 0.1) is 20.8 Å². The summed E-state index contributed by atoms with van der Waals surface area (Å²) in [5, 5.41) is 15.3. The van der Waals surface area contributed by atoms with Crippen LogP contribution in [-0.2, 0) is 13.1 Å². The highest BCUT2D eigenvalue weighted by Gasteiger charge is 2.33. The second kappa shape index (κ2) is 10.4. The number of nitrogens with zero attached hydrogens (tertiary/aromatic N) is 3. The molecule has 0 amide bonds. The van der Waals surface area contributed by atoms with Crippen LogP contribution in [0.5, 0.6) is 11.5 Å². The fourth-order valence-electron chi connectivity index (χ4n) is 4.24. The second-order valence-electron chi connectivity index (χ2n) is 9.33. The van der Waals surface area contributed by atoms with Gasteiger partial charge in [0.2, 0.25) is 0 Å². The number of ether oxygens (including phenoxy) is 2. The Bertz CT molecular complexity index is 1040. The van der Waals surface area contributed by atoms with E-state index in [0.717, 1.165) is 48.8 Å². The predicted octanol–water partition coefficient (Wildman–Crippen LogP) is 4.29. The Balaban J connectivity index is 1.19. The van der Waals surface area contributed by atoms with Gasteiger partial charge >= 0.3 is 0 Å². The zero-order valence-electron chi connectivity index (χ0n) is 20.0. The molecule has 0 aliphatic carbocycles. The number of benzene rings is 2. The van der Waals surface area contributed by atoms with Crippen molar-refractivity contribution in [3.05, 3.63) is 77.1 Å². The molecule has 1 fully saturated rings. The van der Waals surface area contributed by atoms with E-state index in [9.17, 15) is 5.11 Å². The molecule has 4 rings (SSSR count). The molecule has 1 aliphatic rings. The largest absolute Gasteiger partial charge is 0.492 e. The maximum Gasteiger partial charge on any atom is 0.122 e. The molecule has 176 valence electrons. The monoisotopic (exact) mass is 449 g/mol. The Labute approximate surface area is 196 Å². The number of aromatic nitrogens is 2. The summed E-state index contributed by atoms with van der Waals surface area (Å²) in [6.07, 6.45) is 5.30. The van der Waals surface area contributed by atoms with Crippen molar-refractivity contribution < 1.29 is 14.6 Å². The maximum absolute atomic E-state index is 11.0. The highest BCUT2D eigenvalue weighted by molar-refractivity contribution is 5.35. The van der Waals surface area contributed by atoms with Crippen molar-refractivity contribution in [2.75, 3.05) is 26.3 Å². The summed E-state index contributed by atoms with van der Waals surface area (Å²) in [7, 11) is 0. The summed E-state index contributed by atoms with van der Waals surface area (Å²) in [6.45, 7) is 10.4. The molecule has 1 aliphatic heterocycles. The van der Waals surface area contributed by atoms with Gasteiger partial charge in [0.1, 0.15) is 30.3 Å². The van der Waals surface area contributed by atoms with Gasteiger partial charge in [-0.15, -0.1) is 0 Å². The van der Waals surface area contributed by atoms with Crippen molar-refractivity contribution in [2.24, 2.45) is 0 Å². The molecule has 33 heavy (non-hydrogen) atoms. The number of aryl methyl sites for hydroxylation is 3. The van der Waals surface area contributed by atoms with Gasteiger partial charge in [0.15, 0.2) is 0 Å². The Morgan fingerprint density at radius 2 is 1.73 bits per heavy atom. The van der Waals surface area contributed by atoms with Gasteiger partial charge in [0.05, 0.1) is 12.7 Å². The third kappa shape index (κ3) is 6.59. The van der Waals surface area contributed by atoms with Gasteiger partial charge in [-0.2, -0.15) is 5.10 Å². The average Bonchev–Trinajstić information content (AvgIpc) is 3.21. The second-order valence-corrected chi connectivity index (χ2v) is 9.33. The van der Waals surface area contributed by atoms with E-state index in [1.807, 2.05) is 55.2 Å². The van der Waals surface area contributed by atoms with E-state index in [-0.39, 0.29) is 0 Å². The Morgan fingerprint density at radius 3 is 2.39 bits per heavy atom. The highest BCUT2D eigenvalue weighted by atomic mass is 16.5. The average molecular weight is 450 g/mol. The first kappa shape index (κ1) is 23.3. The lowest BCUT2D eigenvalue weighted by atomic mass is 9.92. The van der Waals surface area contributed by atoms with E-state index < -0.39 is 5.60 Å². The van der Waals surface area contributed by atoms with Crippen LogP contribution < -0.4 is 9.47 Å². The molecule has 2 heterocycles. The lowest BCUT2D eigenvalue weighted by Gasteiger charge is -2.38. The van der Waals surface area contributed by atoms with Crippen LogP contribution in [-0.4, -0.2) is 51.7 Å². The number of hydrogen-bond acceptors (Lipinski definition) is 5. The quantitative estimate of drug-likeness (QED) is 0.528. The van der Waals surface area contributed by atoms with Crippen LogP contribution in [0.3, 0.4) is 0 Å². The number of piperidine rings is 1. The number of likely N-dealkylation sites (tertiary alicyclic amines) is 1. The minimum atomic E-state index is -0.765. The lowest BCUT2D eigenvalue weighted by molar-refractivity contribution is -0.0538. The van der Waals surface area contributed by atoms with E-state index in [1.54, 1.807) is 0 Å². The molecule has 0 atom stereocenters. The number of aliphatic hydroxyl groups is 1. The minimum Gasteiger partial charge on any atom is -0.492 e. The minimum absolute atomic E-state index is 0.342. The fourth-order valence-corrected chi connectivity index (χ4v) is 4.24. The molecular weight excluding hydrogens is 414 g/mol. The standard InChI is InChI=1S/C27H35N3O3/c1-21-4-9-26(23(3)16-21)33-20-27(31)10-12-29(13-11-27)19-24-5-7-25(8-6-24)32-15-14-30-18-22(2)17-28-30/h4-9,16-18,31H,10-15,19-20H2,1-3H3. The van der Waals surface area contributed by atoms with Crippen molar-refractivity contribution in [3.8, 4) is 11.5 Å². The molecule has 6 nitrogen and oxygen atoms in total. The van der Waals surface area contributed by atoms with Gasteiger partial charge in [0, 0.05) is 25.8 Å². The lowest BCUT2D eigenvalue weighted by Crippen LogP contribution is -2.47. The van der Waals surface area contributed by atoms with Crippen molar-refractivity contribution in [1.29, 1.82) is 0 Å². The number of hydrogen-bond donors (Lipinski definition) is 1. The summed E-state index contributed by atoms with van der Waals surface area (Å²) >= 11 is 0. The van der Waals surface area contributed by atoms with E-state index in [1.165, 1.54) is 11.1 Å². The smallest absolute Gasteiger partial charge is 0.122 e. The maximum atomic E-state index is 11.0. The first-order valence-corrected chi connectivity index (χ1v) is 11.7. The van der Waals surface area contributed by atoms with Gasteiger partial charge in [-0.1, -0.05) is 29.8 Å². The molecule has 1 aromatic heterocycles. The zero-order chi connectivity index (χ0) is 23.3. The summed E-state index contributed by atoms with van der Waals surface area (Å²) < 4.78 is 13.7. The normalized spacial score (nSPS) is 16.0. The number of rotatable bonds is 9. The molecular formula is C27H35N3O3. The highest BCUT2D eigenvalue weighted by Crippen LogP contribution is 2.26. The van der Waals surface area contributed by atoms with Gasteiger partial charge in [0.25, 0.3) is 0 Å². The van der Waals surface area contributed by atoms with E-state index >= 15 is 0 Å². The molecule has 1 N–H and O–H groups in total. The van der Waals surface area contributed by atoms with Gasteiger partial charge in [-0.3, -0.25) is 9.58 Å². The fraction of sp³-hybridized carbons (Fsp3) is 0.444. The first-order valence-electron chi connectivity index (χ1n) is 11.7. The summed E-state index contributed by atoms with van der Waals surface area (Å²) in [4.78, 5) is 2.39. The SMILES string of the molecule is Cc1ccc(OCC2(O)CCN(Cc3ccc(OCCn4cc(C)cn4)cc3)CC2)c(C)c1. The molecule has 1 saturated heterocycles. The Kier molecular flexibility index (Phi) is 7.36. The van der Waals surface area contributed by atoms with Gasteiger partial charge in [-0.25, -0.2) is 0 Å². The van der Waals surface area contributed by atoms with Crippen LogP contribution in [0.2, 0.25) is 0 Å². The third-order valence-corrected chi connectivity index (χ3v) is 6.29. The molecule has 2 aromatic carbocycles. The summed E-state index contributed by atoms with van der Waals surface area (Å²) in [5.74, 6) is 1.73. The Hall–Kier alpha value is -2.83. The van der Waals surface area contributed by atoms with Crippen LogP contribution in [0.15, 0.2) is 54.9 Å². The summed E-state index contributed by atoms with van der Waals surface area (Å²) in [5.41, 5.74) is 3.97. The molecule has 0 spiro atoms. The molecule has 0 unspecified atom stereocenters. The molecule has 6 heteroatoms. The third-order valence-electron chi connectivity index (χ3n) is 6.29. The van der Waals surface area contributed by atoms with Crippen molar-refractivity contribution in [3.63, 3.8) is 0 Å². The van der Waals surface area contributed by atoms with Crippen LogP contribution in [0.4, 0.5) is 0 Å².